The standard InChI is InChI=1S/C22H18ClN3O2S/c1-14(18-11-12-19(23)29-18)24-21(27)20-16-9-5-6-10-17(16)22(28)26(25-20)13-15-7-3-2-4-8-15/h2-12,14H,13H2,1H3,(H,24,27). The summed E-state index contributed by atoms with van der Waals surface area (Å²) >= 11 is 7.43. The van der Waals surface area contributed by atoms with Crippen LogP contribution in [0.1, 0.15) is 33.9 Å². The first kappa shape index (κ1) is 19.4. The molecule has 2 aromatic carbocycles. The third-order valence-corrected chi connectivity index (χ3v) is 6.04. The van der Waals surface area contributed by atoms with Crippen LogP contribution in [0.2, 0.25) is 4.34 Å². The number of hydrogen-bond donors (Lipinski definition) is 1. The van der Waals surface area contributed by atoms with Crippen molar-refractivity contribution in [2.45, 2.75) is 19.5 Å². The Hall–Kier alpha value is -2.96. The zero-order valence-electron chi connectivity index (χ0n) is 15.6. The van der Waals surface area contributed by atoms with Crippen LogP contribution in [-0.4, -0.2) is 15.7 Å². The van der Waals surface area contributed by atoms with Gasteiger partial charge in [-0.2, -0.15) is 5.10 Å². The monoisotopic (exact) mass is 423 g/mol. The molecule has 0 aliphatic heterocycles. The molecule has 0 saturated heterocycles. The van der Waals surface area contributed by atoms with E-state index in [1.54, 1.807) is 30.3 Å². The summed E-state index contributed by atoms with van der Waals surface area (Å²) in [7, 11) is 0. The van der Waals surface area contributed by atoms with Crippen LogP contribution in [0.15, 0.2) is 71.5 Å². The van der Waals surface area contributed by atoms with Crippen molar-refractivity contribution in [3.8, 4) is 0 Å². The second kappa shape index (κ2) is 8.19. The van der Waals surface area contributed by atoms with E-state index in [4.69, 9.17) is 11.6 Å². The zero-order valence-corrected chi connectivity index (χ0v) is 17.2. The molecule has 0 spiro atoms. The molecule has 2 heterocycles. The average molecular weight is 424 g/mol. The molecule has 146 valence electrons. The third kappa shape index (κ3) is 4.09. The van der Waals surface area contributed by atoms with Gasteiger partial charge in [-0.3, -0.25) is 9.59 Å². The SMILES string of the molecule is CC(NC(=O)c1nn(Cc2ccccc2)c(=O)c2ccccc12)c1ccc(Cl)s1. The number of aromatic nitrogens is 2. The van der Waals surface area contributed by atoms with Crippen LogP contribution in [0, 0.1) is 0 Å². The van der Waals surface area contributed by atoms with Gasteiger partial charge < -0.3 is 5.32 Å². The molecule has 0 saturated carbocycles. The summed E-state index contributed by atoms with van der Waals surface area (Å²) in [6, 6.07) is 20.1. The molecular weight excluding hydrogens is 406 g/mol. The summed E-state index contributed by atoms with van der Waals surface area (Å²) in [5.74, 6) is -0.333. The first-order valence-corrected chi connectivity index (χ1v) is 10.3. The Labute approximate surface area is 176 Å². The van der Waals surface area contributed by atoms with E-state index in [0.717, 1.165) is 10.4 Å². The molecule has 4 aromatic rings. The lowest BCUT2D eigenvalue weighted by Gasteiger charge is -2.14. The van der Waals surface area contributed by atoms with Gasteiger partial charge in [0, 0.05) is 10.3 Å². The Kier molecular flexibility index (Phi) is 5.47. The van der Waals surface area contributed by atoms with Gasteiger partial charge in [0.2, 0.25) is 0 Å². The summed E-state index contributed by atoms with van der Waals surface area (Å²) in [5, 5.41) is 8.39. The van der Waals surface area contributed by atoms with Crippen LogP contribution in [0.5, 0.6) is 0 Å². The molecule has 4 rings (SSSR count). The van der Waals surface area contributed by atoms with E-state index in [1.807, 2.05) is 43.3 Å². The Balaban J connectivity index is 1.73. The Morgan fingerprint density at radius 3 is 2.45 bits per heavy atom. The molecule has 29 heavy (non-hydrogen) atoms. The number of hydrogen-bond acceptors (Lipinski definition) is 4. The summed E-state index contributed by atoms with van der Waals surface area (Å²) in [6.45, 7) is 2.18. The van der Waals surface area contributed by atoms with Crippen molar-refractivity contribution in [2.24, 2.45) is 0 Å². The molecule has 2 aromatic heterocycles. The number of benzene rings is 2. The van der Waals surface area contributed by atoms with E-state index in [0.29, 0.717) is 21.7 Å². The maximum atomic E-state index is 13.0. The summed E-state index contributed by atoms with van der Waals surface area (Å²) < 4.78 is 2.01. The van der Waals surface area contributed by atoms with Gasteiger partial charge >= 0.3 is 0 Å². The maximum absolute atomic E-state index is 13.0. The van der Waals surface area contributed by atoms with Crippen LogP contribution >= 0.6 is 22.9 Å². The number of nitrogens with one attached hydrogen (secondary N) is 1. The number of halogens is 1. The fraction of sp³-hybridized carbons (Fsp3) is 0.136. The second-order valence-electron chi connectivity index (χ2n) is 6.68. The van der Waals surface area contributed by atoms with Crippen molar-refractivity contribution >= 4 is 39.6 Å². The summed E-state index contributed by atoms with van der Waals surface area (Å²) in [4.78, 5) is 26.9. The van der Waals surface area contributed by atoms with Crippen molar-refractivity contribution in [3.63, 3.8) is 0 Å². The van der Waals surface area contributed by atoms with Crippen molar-refractivity contribution in [1.29, 1.82) is 0 Å². The molecule has 7 heteroatoms. The van der Waals surface area contributed by atoms with Gasteiger partial charge in [-0.1, -0.05) is 60.1 Å². The molecule has 0 aliphatic rings. The smallest absolute Gasteiger partial charge is 0.274 e. The highest BCUT2D eigenvalue weighted by Crippen LogP contribution is 2.27. The fourth-order valence-electron chi connectivity index (χ4n) is 3.16. The molecule has 1 N–H and O–H groups in total. The number of carbonyl (C=O) groups is 1. The van der Waals surface area contributed by atoms with Crippen molar-refractivity contribution in [1.82, 2.24) is 15.1 Å². The van der Waals surface area contributed by atoms with Gasteiger partial charge in [0.05, 0.1) is 22.3 Å². The maximum Gasteiger partial charge on any atom is 0.274 e. The molecule has 0 aliphatic carbocycles. The molecule has 1 amide bonds. The molecule has 5 nitrogen and oxygen atoms in total. The normalized spacial score (nSPS) is 12.1. The fourth-order valence-corrected chi connectivity index (χ4v) is 4.23. The predicted molar refractivity (Wildman–Crippen MR) is 117 cm³/mol. The highest BCUT2D eigenvalue weighted by Gasteiger charge is 2.19. The summed E-state index contributed by atoms with van der Waals surface area (Å²) in [6.07, 6.45) is 0. The number of carbonyl (C=O) groups excluding carboxylic acids is 1. The van der Waals surface area contributed by atoms with Gasteiger partial charge in [0.15, 0.2) is 5.69 Å². The number of amides is 1. The van der Waals surface area contributed by atoms with Crippen LogP contribution in [-0.2, 0) is 6.54 Å². The van der Waals surface area contributed by atoms with E-state index in [1.165, 1.54) is 16.0 Å². The molecule has 1 atom stereocenters. The van der Waals surface area contributed by atoms with Gasteiger partial charge in [0.1, 0.15) is 0 Å². The van der Waals surface area contributed by atoms with E-state index in [-0.39, 0.29) is 23.2 Å². The van der Waals surface area contributed by atoms with Gasteiger partial charge in [-0.05, 0) is 30.7 Å². The van der Waals surface area contributed by atoms with Crippen LogP contribution in [0.4, 0.5) is 0 Å². The molecule has 1 unspecified atom stereocenters. The number of nitrogens with zero attached hydrogens (tertiary/aromatic N) is 2. The Morgan fingerprint density at radius 1 is 1.07 bits per heavy atom. The summed E-state index contributed by atoms with van der Waals surface area (Å²) in [5.41, 5.74) is 0.940. The van der Waals surface area contributed by atoms with E-state index < -0.39 is 0 Å². The van der Waals surface area contributed by atoms with Crippen LogP contribution in [0.3, 0.4) is 0 Å². The molecule has 0 radical (unpaired) electrons. The van der Waals surface area contributed by atoms with Crippen LogP contribution < -0.4 is 10.9 Å². The Bertz CT molecular complexity index is 1230. The van der Waals surface area contributed by atoms with E-state index in [9.17, 15) is 9.59 Å². The first-order chi connectivity index (χ1) is 14.0. The van der Waals surface area contributed by atoms with E-state index in [2.05, 4.69) is 10.4 Å². The van der Waals surface area contributed by atoms with Crippen LogP contribution in [0.25, 0.3) is 10.8 Å². The lowest BCUT2D eigenvalue weighted by atomic mass is 10.1. The first-order valence-electron chi connectivity index (χ1n) is 9.13. The molecular formula is C22H18ClN3O2S. The largest absolute Gasteiger partial charge is 0.343 e. The highest BCUT2D eigenvalue weighted by molar-refractivity contribution is 7.16. The number of rotatable bonds is 5. The van der Waals surface area contributed by atoms with Gasteiger partial charge in [0.25, 0.3) is 11.5 Å². The minimum absolute atomic E-state index is 0.223. The number of fused-ring (bicyclic) bond motifs is 1. The third-order valence-electron chi connectivity index (χ3n) is 4.63. The topological polar surface area (TPSA) is 64.0 Å². The highest BCUT2D eigenvalue weighted by atomic mass is 35.5. The quantitative estimate of drug-likeness (QED) is 0.508. The van der Waals surface area contributed by atoms with Crippen molar-refractivity contribution in [2.75, 3.05) is 0 Å². The molecule has 0 bridgehead atoms. The predicted octanol–water partition coefficient (Wildman–Crippen LogP) is 4.65. The second-order valence-corrected chi connectivity index (χ2v) is 8.43. The Morgan fingerprint density at radius 2 is 1.76 bits per heavy atom. The lowest BCUT2D eigenvalue weighted by Crippen LogP contribution is -2.32. The lowest BCUT2D eigenvalue weighted by molar-refractivity contribution is 0.0935. The van der Waals surface area contributed by atoms with Gasteiger partial charge in [-0.25, -0.2) is 4.68 Å². The number of thiophene rings is 1. The minimum Gasteiger partial charge on any atom is -0.343 e. The zero-order chi connectivity index (χ0) is 20.4. The van der Waals surface area contributed by atoms with E-state index >= 15 is 0 Å². The van der Waals surface area contributed by atoms with Gasteiger partial charge in [-0.15, -0.1) is 11.3 Å². The van der Waals surface area contributed by atoms with Crippen molar-refractivity contribution < 1.29 is 4.79 Å². The average Bonchev–Trinajstić information content (AvgIpc) is 3.17. The van der Waals surface area contributed by atoms with Crippen molar-refractivity contribution in [3.05, 3.63) is 97.6 Å². The minimum atomic E-state index is -0.333. The molecule has 0 fully saturated rings.